The summed E-state index contributed by atoms with van der Waals surface area (Å²) < 4.78 is 7.04. The number of benzene rings is 2. The Morgan fingerprint density at radius 1 is 1.12 bits per heavy atom. The van der Waals surface area contributed by atoms with Crippen molar-refractivity contribution in [2.45, 2.75) is 19.4 Å². The predicted octanol–water partition coefficient (Wildman–Crippen LogP) is 3.61. The van der Waals surface area contributed by atoms with Crippen LogP contribution >= 0.6 is 0 Å². The molecule has 3 aromatic rings. The lowest BCUT2D eigenvalue weighted by Crippen LogP contribution is -2.30. The van der Waals surface area contributed by atoms with Crippen LogP contribution in [0.15, 0.2) is 54.6 Å². The Morgan fingerprint density at radius 3 is 2.60 bits per heavy atom. The average Bonchev–Trinajstić information content (AvgIpc) is 2.97. The lowest BCUT2D eigenvalue weighted by atomic mass is 9.85. The van der Waals surface area contributed by atoms with Crippen LogP contribution in [0.25, 0.3) is 10.9 Å². The summed E-state index contributed by atoms with van der Waals surface area (Å²) in [5.74, 6) is -1.24. The standard InChI is InChI=1S/C21H19NO3/c1-25-21(24)16-11-12-18-19(20(16)23)15-9-5-6-10-17(15)22(18)13-14-7-3-2-4-8-14/h2-10,16H,11-13H2,1H3. The van der Waals surface area contributed by atoms with Gasteiger partial charge in [0.15, 0.2) is 5.78 Å². The Balaban J connectivity index is 1.87. The zero-order valence-corrected chi connectivity index (χ0v) is 14.1. The molecule has 0 bridgehead atoms. The van der Waals surface area contributed by atoms with Gasteiger partial charge < -0.3 is 9.30 Å². The smallest absolute Gasteiger partial charge is 0.316 e. The fourth-order valence-corrected chi connectivity index (χ4v) is 3.79. The highest BCUT2D eigenvalue weighted by Crippen LogP contribution is 2.35. The van der Waals surface area contributed by atoms with Crippen LogP contribution in [0.1, 0.15) is 28.0 Å². The molecule has 1 atom stereocenters. The van der Waals surface area contributed by atoms with E-state index >= 15 is 0 Å². The number of ether oxygens (including phenoxy) is 1. The molecule has 0 aliphatic heterocycles. The van der Waals surface area contributed by atoms with Crippen molar-refractivity contribution >= 4 is 22.7 Å². The first-order chi connectivity index (χ1) is 12.2. The van der Waals surface area contributed by atoms with Crippen molar-refractivity contribution in [1.29, 1.82) is 0 Å². The van der Waals surface area contributed by atoms with Crippen LogP contribution in [0.3, 0.4) is 0 Å². The molecule has 0 fully saturated rings. The molecular formula is C21H19NO3. The van der Waals surface area contributed by atoms with E-state index in [2.05, 4.69) is 16.7 Å². The first-order valence-electron chi connectivity index (χ1n) is 8.46. The Hall–Kier alpha value is -2.88. The van der Waals surface area contributed by atoms with E-state index in [-0.39, 0.29) is 5.78 Å². The number of fused-ring (bicyclic) bond motifs is 3. The number of Topliss-reactive ketones (excluding diaryl/α,β-unsaturated/α-hetero) is 1. The van der Waals surface area contributed by atoms with E-state index in [0.29, 0.717) is 24.9 Å². The maximum atomic E-state index is 13.0. The Labute approximate surface area is 146 Å². The van der Waals surface area contributed by atoms with Gasteiger partial charge in [0, 0.05) is 28.7 Å². The Bertz CT molecular complexity index is 956. The van der Waals surface area contributed by atoms with Crippen molar-refractivity contribution in [2.75, 3.05) is 7.11 Å². The number of esters is 1. The molecule has 0 amide bonds. The zero-order valence-electron chi connectivity index (χ0n) is 14.1. The number of rotatable bonds is 3. The van der Waals surface area contributed by atoms with E-state index < -0.39 is 11.9 Å². The molecule has 1 unspecified atom stereocenters. The van der Waals surface area contributed by atoms with Crippen LogP contribution in [0.5, 0.6) is 0 Å². The van der Waals surface area contributed by atoms with E-state index in [0.717, 1.165) is 16.6 Å². The van der Waals surface area contributed by atoms with Crippen molar-refractivity contribution in [3.05, 3.63) is 71.4 Å². The van der Waals surface area contributed by atoms with Crippen LogP contribution in [0.4, 0.5) is 0 Å². The molecule has 0 saturated carbocycles. The summed E-state index contributed by atoms with van der Waals surface area (Å²) in [5.41, 5.74) is 3.94. The van der Waals surface area contributed by atoms with E-state index in [4.69, 9.17) is 4.74 Å². The minimum atomic E-state index is -0.687. The molecule has 4 rings (SSSR count). The van der Waals surface area contributed by atoms with Gasteiger partial charge in [0.2, 0.25) is 0 Å². The quantitative estimate of drug-likeness (QED) is 0.543. The largest absolute Gasteiger partial charge is 0.468 e. The fourth-order valence-electron chi connectivity index (χ4n) is 3.79. The van der Waals surface area contributed by atoms with E-state index in [1.54, 1.807) is 0 Å². The molecule has 126 valence electrons. The third kappa shape index (κ3) is 2.54. The second kappa shape index (κ2) is 6.20. The minimum Gasteiger partial charge on any atom is -0.468 e. The molecule has 1 heterocycles. The summed E-state index contributed by atoms with van der Waals surface area (Å²) in [5, 5.41) is 0.923. The average molecular weight is 333 g/mol. The van der Waals surface area contributed by atoms with Crippen LogP contribution in [-0.4, -0.2) is 23.4 Å². The molecular weight excluding hydrogens is 314 g/mol. The van der Waals surface area contributed by atoms with Gasteiger partial charge in [0.1, 0.15) is 5.92 Å². The van der Waals surface area contributed by atoms with Crippen molar-refractivity contribution in [3.63, 3.8) is 0 Å². The summed E-state index contributed by atoms with van der Waals surface area (Å²) in [7, 11) is 1.34. The summed E-state index contributed by atoms with van der Waals surface area (Å²) >= 11 is 0. The monoisotopic (exact) mass is 333 g/mol. The topological polar surface area (TPSA) is 48.3 Å². The number of methoxy groups -OCH3 is 1. The third-order valence-corrected chi connectivity index (χ3v) is 4.98. The van der Waals surface area contributed by atoms with Gasteiger partial charge in [-0.3, -0.25) is 9.59 Å². The number of ketones is 1. The summed E-state index contributed by atoms with van der Waals surface area (Å²) in [6.07, 6.45) is 1.20. The predicted molar refractivity (Wildman–Crippen MR) is 95.6 cm³/mol. The maximum absolute atomic E-state index is 13.0. The third-order valence-electron chi connectivity index (χ3n) is 4.98. The zero-order chi connectivity index (χ0) is 17.4. The van der Waals surface area contributed by atoms with Gasteiger partial charge in [-0.25, -0.2) is 0 Å². The molecule has 1 aromatic heterocycles. The summed E-state index contributed by atoms with van der Waals surface area (Å²) in [6, 6.07) is 18.1. The van der Waals surface area contributed by atoms with Gasteiger partial charge >= 0.3 is 5.97 Å². The number of para-hydroxylation sites is 1. The van der Waals surface area contributed by atoms with Crippen LogP contribution < -0.4 is 0 Å². The lowest BCUT2D eigenvalue weighted by Gasteiger charge is -2.21. The van der Waals surface area contributed by atoms with Crippen molar-refractivity contribution in [3.8, 4) is 0 Å². The molecule has 0 spiro atoms. The number of hydrogen-bond acceptors (Lipinski definition) is 3. The highest BCUT2D eigenvalue weighted by Gasteiger charge is 2.37. The van der Waals surface area contributed by atoms with Crippen molar-refractivity contribution in [2.24, 2.45) is 5.92 Å². The first kappa shape index (κ1) is 15.6. The molecule has 1 aliphatic carbocycles. The Kier molecular flexibility index (Phi) is 3.88. The molecule has 4 nitrogen and oxygen atoms in total. The number of nitrogens with zero attached hydrogens (tertiary/aromatic N) is 1. The fraction of sp³-hybridized carbons (Fsp3) is 0.238. The highest BCUT2D eigenvalue weighted by molar-refractivity contribution is 6.17. The number of hydrogen-bond donors (Lipinski definition) is 0. The summed E-state index contributed by atoms with van der Waals surface area (Å²) in [4.78, 5) is 25.0. The normalized spacial score (nSPS) is 16.7. The molecule has 25 heavy (non-hydrogen) atoms. The van der Waals surface area contributed by atoms with Crippen molar-refractivity contribution < 1.29 is 14.3 Å². The molecule has 1 aliphatic rings. The highest BCUT2D eigenvalue weighted by atomic mass is 16.5. The number of aromatic nitrogens is 1. The number of carbonyl (C=O) groups is 2. The van der Waals surface area contributed by atoms with Crippen LogP contribution in [0, 0.1) is 5.92 Å². The van der Waals surface area contributed by atoms with Crippen LogP contribution in [-0.2, 0) is 22.5 Å². The summed E-state index contributed by atoms with van der Waals surface area (Å²) in [6.45, 7) is 0.715. The molecule has 0 N–H and O–H groups in total. The SMILES string of the molecule is COC(=O)C1CCc2c(c3ccccc3n2Cc2ccccc2)C1=O. The molecule has 0 radical (unpaired) electrons. The van der Waals surface area contributed by atoms with Gasteiger partial charge in [0.05, 0.1) is 7.11 Å². The van der Waals surface area contributed by atoms with Gasteiger partial charge in [-0.15, -0.1) is 0 Å². The van der Waals surface area contributed by atoms with Gasteiger partial charge in [-0.05, 0) is 24.5 Å². The van der Waals surface area contributed by atoms with Crippen molar-refractivity contribution in [1.82, 2.24) is 4.57 Å². The lowest BCUT2D eigenvalue weighted by molar-refractivity contribution is -0.143. The van der Waals surface area contributed by atoms with E-state index in [1.807, 2.05) is 42.5 Å². The Morgan fingerprint density at radius 2 is 1.84 bits per heavy atom. The van der Waals surface area contributed by atoms with Gasteiger partial charge in [-0.2, -0.15) is 0 Å². The van der Waals surface area contributed by atoms with Crippen LogP contribution in [0.2, 0.25) is 0 Å². The maximum Gasteiger partial charge on any atom is 0.316 e. The molecule has 2 aromatic carbocycles. The molecule has 0 saturated heterocycles. The minimum absolute atomic E-state index is 0.115. The first-order valence-corrected chi connectivity index (χ1v) is 8.46. The van der Waals surface area contributed by atoms with Gasteiger partial charge in [0.25, 0.3) is 0 Å². The van der Waals surface area contributed by atoms with E-state index in [9.17, 15) is 9.59 Å². The molecule has 4 heteroatoms. The second-order valence-electron chi connectivity index (χ2n) is 6.39. The van der Waals surface area contributed by atoms with E-state index in [1.165, 1.54) is 12.7 Å². The second-order valence-corrected chi connectivity index (χ2v) is 6.39. The number of carbonyl (C=O) groups excluding carboxylic acids is 2. The van der Waals surface area contributed by atoms with Gasteiger partial charge in [-0.1, -0.05) is 48.5 Å².